The number of amides is 1. The minimum absolute atomic E-state index is 0.0137. The molecule has 38 heavy (non-hydrogen) atoms. The van der Waals surface area contributed by atoms with Gasteiger partial charge >= 0.3 is 11.8 Å². The van der Waals surface area contributed by atoms with Crippen LogP contribution in [0.15, 0.2) is 17.2 Å². The minimum atomic E-state index is -3.97. The molecule has 2 heterocycles. The predicted octanol–water partition coefficient (Wildman–Crippen LogP) is 1.05. The van der Waals surface area contributed by atoms with Gasteiger partial charge in [0.2, 0.25) is 5.79 Å². The van der Waals surface area contributed by atoms with Crippen molar-refractivity contribution in [3.63, 3.8) is 0 Å². The van der Waals surface area contributed by atoms with E-state index in [1.165, 1.54) is 12.1 Å². The van der Waals surface area contributed by atoms with Crippen molar-refractivity contribution in [2.24, 2.45) is 17.0 Å². The third-order valence-corrected chi connectivity index (χ3v) is 6.59. The SMILES string of the molecule is CC(C)CC1CCC2c3cc(C(=O)N=[N+]=[N-])c(OC(O)(O)C(O)(O)C(C)(O)O)cc3CCN2C1.CO.CS. The van der Waals surface area contributed by atoms with E-state index in [2.05, 4.69) is 41.4 Å². The van der Waals surface area contributed by atoms with Crippen LogP contribution in [0.25, 0.3) is 10.4 Å². The second-order valence-corrected chi connectivity index (χ2v) is 9.78. The van der Waals surface area contributed by atoms with Crippen molar-refractivity contribution in [3.05, 3.63) is 39.3 Å². The lowest BCUT2D eigenvalue weighted by atomic mass is 9.80. The minimum Gasteiger partial charge on any atom is -0.434 e. The van der Waals surface area contributed by atoms with Crippen LogP contribution in [0.4, 0.5) is 0 Å². The zero-order valence-corrected chi connectivity index (χ0v) is 23.2. The standard InChI is InChI=1S/C22H32N4O8.CH4O.CH4S/c1-12(2)8-13-4-5-17-15-10-16(19(27)24-25-23)18(9-14(15)6-7-26(17)11-13)34-22(32,33)21(30,31)20(3,28)29;2*1-2/h9-10,12-13,17,28-33H,4-8,11H2,1-3H3;2*2H,1H3. The molecule has 2 aliphatic rings. The first kappa shape index (κ1) is 34.1. The van der Waals surface area contributed by atoms with Gasteiger partial charge in [-0.3, -0.25) is 9.69 Å². The van der Waals surface area contributed by atoms with E-state index < -0.39 is 29.2 Å². The van der Waals surface area contributed by atoms with Crippen LogP contribution in [0.1, 0.15) is 67.6 Å². The van der Waals surface area contributed by atoms with Crippen LogP contribution in [0.3, 0.4) is 0 Å². The zero-order chi connectivity index (χ0) is 29.5. The summed E-state index contributed by atoms with van der Waals surface area (Å²) in [6.45, 7) is 6.53. The maximum absolute atomic E-state index is 12.5. The second-order valence-electron chi connectivity index (χ2n) is 9.78. The van der Waals surface area contributed by atoms with Crippen LogP contribution >= 0.6 is 12.6 Å². The number of azide groups is 1. The summed E-state index contributed by atoms with van der Waals surface area (Å²) in [5.74, 6) is -11.8. The van der Waals surface area contributed by atoms with Crippen LogP contribution in [0, 0.1) is 11.8 Å². The Labute approximate surface area is 227 Å². The molecule has 1 amide bonds. The largest absolute Gasteiger partial charge is 0.434 e. The Morgan fingerprint density at radius 1 is 1.18 bits per heavy atom. The molecule has 2 aliphatic heterocycles. The molecule has 14 heteroatoms. The molecule has 216 valence electrons. The summed E-state index contributed by atoms with van der Waals surface area (Å²) in [6, 6.07) is 2.81. The normalized spacial score (nSPS) is 19.5. The molecule has 2 atom stereocenters. The number of aliphatic hydroxyl groups is 7. The molecule has 3 rings (SSSR count). The number of fused-ring (bicyclic) bond motifs is 3. The Morgan fingerprint density at radius 3 is 2.32 bits per heavy atom. The molecule has 0 saturated carbocycles. The number of rotatable bonds is 7. The lowest BCUT2D eigenvalue weighted by Gasteiger charge is -2.44. The fourth-order valence-electron chi connectivity index (χ4n) is 4.89. The van der Waals surface area contributed by atoms with Crippen molar-refractivity contribution in [1.82, 2.24) is 4.90 Å². The average Bonchev–Trinajstić information content (AvgIpc) is 2.84. The highest BCUT2D eigenvalue weighted by Crippen LogP contribution is 2.43. The number of piperidine rings is 1. The summed E-state index contributed by atoms with van der Waals surface area (Å²) in [5.41, 5.74) is 9.95. The highest BCUT2D eigenvalue weighted by atomic mass is 32.1. The topological polar surface area (TPSA) is 220 Å². The molecule has 1 aromatic carbocycles. The summed E-state index contributed by atoms with van der Waals surface area (Å²) in [5, 5.41) is 69.2. The average molecular weight is 561 g/mol. The number of aliphatic hydroxyl groups excluding tert-OH is 1. The first-order valence-corrected chi connectivity index (χ1v) is 13.0. The molecule has 0 bridgehead atoms. The summed E-state index contributed by atoms with van der Waals surface area (Å²) in [6.07, 6.45) is 5.23. The Bertz CT molecular complexity index is 992. The van der Waals surface area contributed by atoms with Crippen LogP contribution < -0.4 is 4.74 Å². The number of hydrogen-bond acceptors (Lipinski definition) is 11. The number of hydrogen-bond donors (Lipinski definition) is 8. The quantitative estimate of drug-likeness (QED) is 0.0778. The number of thiol groups is 1. The molecule has 0 aromatic heterocycles. The summed E-state index contributed by atoms with van der Waals surface area (Å²) >= 11 is 3.53. The monoisotopic (exact) mass is 560 g/mol. The van der Waals surface area contributed by atoms with Gasteiger partial charge in [0.25, 0.3) is 5.91 Å². The maximum atomic E-state index is 12.5. The molecule has 7 N–H and O–H groups in total. The molecule has 1 fully saturated rings. The van der Waals surface area contributed by atoms with E-state index in [0.29, 0.717) is 25.2 Å². The summed E-state index contributed by atoms with van der Waals surface area (Å²) < 4.78 is 4.93. The highest BCUT2D eigenvalue weighted by Gasteiger charge is 2.62. The van der Waals surface area contributed by atoms with E-state index in [1.54, 1.807) is 6.26 Å². The molecule has 1 saturated heterocycles. The predicted molar refractivity (Wildman–Crippen MR) is 141 cm³/mol. The van der Waals surface area contributed by atoms with Gasteiger partial charge in [-0.2, -0.15) is 12.6 Å². The van der Waals surface area contributed by atoms with Crippen molar-refractivity contribution in [1.29, 1.82) is 0 Å². The van der Waals surface area contributed by atoms with Gasteiger partial charge in [-0.25, -0.2) is 0 Å². The number of ether oxygens (including phenoxy) is 1. The fraction of sp³-hybridized carbons (Fsp3) is 0.708. The van der Waals surface area contributed by atoms with E-state index in [0.717, 1.165) is 50.6 Å². The number of carbonyl (C=O) groups is 1. The van der Waals surface area contributed by atoms with Crippen molar-refractivity contribution in [2.75, 3.05) is 26.5 Å². The molecule has 0 aliphatic carbocycles. The Balaban J connectivity index is 0.00000172. The molecule has 13 nitrogen and oxygen atoms in total. The lowest BCUT2D eigenvalue weighted by molar-refractivity contribution is -0.495. The summed E-state index contributed by atoms with van der Waals surface area (Å²) in [7, 11) is 1.00. The van der Waals surface area contributed by atoms with Gasteiger partial charge < -0.3 is 40.5 Å². The van der Waals surface area contributed by atoms with E-state index in [4.69, 9.17) is 15.4 Å². The van der Waals surface area contributed by atoms with Crippen molar-refractivity contribution in [2.45, 2.75) is 70.0 Å². The van der Waals surface area contributed by atoms with Crippen molar-refractivity contribution < 1.29 is 45.3 Å². The molecular weight excluding hydrogens is 520 g/mol. The van der Waals surface area contributed by atoms with Crippen LogP contribution in [-0.2, 0) is 6.42 Å². The Morgan fingerprint density at radius 2 is 1.79 bits per heavy atom. The molecule has 0 radical (unpaired) electrons. The molecule has 2 unspecified atom stereocenters. The van der Waals surface area contributed by atoms with E-state index >= 15 is 0 Å². The van der Waals surface area contributed by atoms with E-state index in [9.17, 15) is 35.4 Å². The third-order valence-electron chi connectivity index (χ3n) is 6.59. The number of carbonyl (C=O) groups excluding carboxylic acids is 1. The van der Waals surface area contributed by atoms with Crippen LogP contribution in [0.2, 0.25) is 0 Å². The van der Waals surface area contributed by atoms with Crippen molar-refractivity contribution >= 4 is 18.5 Å². The van der Waals surface area contributed by atoms with Crippen molar-refractivity contribution in [3.8, 4) is 5.75 Å². The van der Waals surface area contributed by atoms with Gasteiger partial charge in [-0.15, -0.1) is 0 Å². The number of benzene rings is 1. The first-order valence-electron chi connectivity index (χ1n) is 12.1. The fourth-order valence-corrected chi connectivity index (χ4v) is 4.89. The van der Waals surface area contributed by atoms with Gasteiger partial charge in [0.1, 0.15) is 5.75 Å². The molecule has 0 spiro atoms. The van der Waals surface area contributed by atoms with Gasteiger partial charge in [0.05, 0.1) is 5.56 Å². The lowest BCUT2D eigenvalue weighted by Crippen LogP contribution is -2.69. The highest BCUT2D eigenvalue weighted by molar-refractivity contribution is 7.79. The molecule has 1 aromatic rings. The number of nitrogens with zero attached hydrogens (tertiary/aromatic N) is 4. The second kappa shape index (κ2) is 13.9. The Hall–Kier alpha value is -1.97. The third kappa shape index (κ3) is 7.57. The van der Waals surface area contributed by atoms with Crippen LogP contribution in [-0.4, -0.2) is 90.6 Å². The maximum Gasteiger partial charge on any atom is 0.385 e. The van der Waals surface area contributed by atoms with E-state index in [1.807, 2.05) is 0 Å². The Kier molecular flexibility index (Phi) is 12.5. The zero-order valence-electron chi connectivity index (χ0n) is 22.3. The van der Waals surface area contributed by atoms with Gasteiger partial charge in [-0.1, -0.05) is 13.8 Å². The van der Waals surface area contributed by atoms with E-state index in [-0.39, 0.29) is 11.6 Å². The van der Waals surface area contributed by atoms with Gasteiger partial charge in [0.15, 0.2) is 0 Å². The van der Waals surface area contributed by atoms with Gasteiger partial charge in [-0.05, 0) is 84.6 Å². The smallest absolute Gasteiger partial charge is 0.385 e. The van der Waals surface area contributed by atoms with Crippen LogP contribution in [0.5, 0.6) is 5.75 Å². The first-order chi connectivity index (χ1) is 17.7. The van der Waals surface area contributed by atoms with Gasteiger partial charge in [0, 0.05) is 31.2 Å². The molecular formula is C24H40N4O9S. The summed E-state index contributed by atoms with van der Waals surface area (Å²) in [4.78, 5) is 17.3.